The maximum atomic E-state index is 5.48. The Bertz CT molecular complexity index is 748. The summed E-state index contributed by atoms with van der Waals surface area (Å²) in [5, 5.41) is 0. The highest BCUT2D eigenvalue weighted by Gasteiger charge is 2.29. The lowest BCUT2D eigenvalue weighted by Gasteiger charge is -2.44. The molecule has 2 atom stereocenters. The minimum atomic E-state index is 0.561. The van der Waals surface area contributed by atoms with Crippen molar-refractivity contribution in [2.24, 2.45) is 0 Å². The molecule has 2 saturated heterocycles. The van der Waals surface area contributed by atoms with Gasteiger partial charge in [-0.2, -0.15) is 0 Å². The van der Waals surface area contributed by atoms with Crippen LogP contribution in [0.2, 0.25) is 0 Å². The third-order valence-electron chi connectivity index (χ3n) is 6.29. The van der Waals surface area contributed by atoms with Crippen LogP contribution in [-0.4, -0.2) is 66.2 Å². The minimum absolute atomic E-state index is 0.561. The second kappa shape index (κ2) is 9.86. The van der Waals surface area contributed by atoms with Crippen LogP contribution in [-0.2, 0) is 24.4 Å². The highest BCUT2D eigenvalue weighted by Crippen LogP contribution is 2.21. The van der Waals surface area contributed by atoms with E-state index >= 15 is 0 Å². The first-order valence-corrected chi connectivity index (χ1v) is 11.1. The summed E-state index contributed by atoms with van der Waals surface area (Å²) in [7, 11) is 0. The summed E-state index contributed by atoms with van der Waals surface area (Å²) >= 11 is 0. The van der Waals surface area contributed by atoms with E-state index in [4.69, 9.17) is 4.74 Å². The Kier molecular flexibility index (Phi) is 6.98. The van der Waals surface area contributed by atoms with E-state index in [0.29, 0.717) is 12.1 Å². The summed E-state index contributed by atoms with van der Waals surface area (Å²) in [6, 6.07) is 21.2. The number of benzene rings is 2. The van der Waals surface area contributed by atoms with Gasteiger partial charge in [0.15, 0.2) is 0 Å². The predicted molar refractivity (Wildman–Crippen MR) is 119 cm³/mol. The molecule has 0 radical (unpaired) electrons. The average Bonchev–Trinajstić information content (AvgIpc) is 2.73. The number of hydrogen-bond acceptors (Lipinski definition) is 4. The van der Waals surface area contributed by atoms with Crippen molar-refractivity contribution >= 4 is 0 Å². The third kappa shape index (κ3) is 5.67. The van der Waals surface area contributed by atoms with Crippen molar-refractivity contribution in [3.63, 3.8) is 0 Å². The van der Waals surface area contributed by atoms with Gasteiger partial charge in [-0.15, -0.1) is 0 Å². The Morgan fingerprint density at radius 1 is 0.724 bits per heavy atom. The van der Waals surface area contributed by atoms with Crippen LogP contribution in [0.4, 0.5) is 0 Å². The van der Waals surface area contributed by atoms with Crippen LogP contribution in [0.15, 0.2) is 54.6 Å². The van der Waals surface area contributed by atoms with E-state index in [2.05, 4.69) is 83.1 Å². The van der Waals surface area contributed by atoms with Gasteiger partial charge >= 0.3 is 0 Å². The molecule has 2 fully saturated rings. The Hall–Kier alpha value is -1.72. The lowest BCUT2D eigenvalue weighted by molar-refractivity contribution is 0.0288. The van der Waals surface area contributed by atoms with E-state index in [1.165, 1.54) is 16.7 Å². The fraction of sp³-hybridized carbons (Fsp3) is 0.520. The topological polar surface area (TPSA) is 19.0 Å². The Labute approximate surface area is 176 Å². The molecule has 0 amide bonds. The van der Waals surface area contributed by atoms with E-state index in [1.54, 1.807) is 0 Å². The number of hydrogen-bond donors (Lipinski definition) is 0. The number of morpholine rings is 1. The van der Waals surface area contributed by atoms with Crippen molar-refractivity contribution in [1.82, 2.24) is 14.7 Å². The molecule has 4 heteroatoms. The monoisotopic (exact) mass is 393 g/mol. The third-order valence-corrected chi connectivity index (χ3v) is 6.29. The molecule has 4 nitrogen and oxygen atoms in total. The minimum Gasteiger partial charge on any atom is -0.379 e. The van der Waals surface area contributed by atoms with Crippen LogP contribution < -0.4 is 0 Å². The van der Waals surface area contributed by atoms with Gasteiger partial charge in [-0.1, -0.05) is 54.6 Å². The van der Waals surface area contributed by atoms with Crippen LogP contribution in [0.3, 0.4) is 0 Å². The molecule has 2 aromatic carbocycles. The molecular formula is C25H35N3O. The summed E-state index contributed by atoms with van der Waals surface area (Å²) < 4.78 is 5.48. The molecule has 0 unspecified atom stereocenters. The summed E-state index contributed by atoms with van der Waals surface area (Å²) in [5.41, 5.74) is 4.27. The van der Waals surface area contributed by atoms with Gasteiger partial charge in [0.1, 0.15) is 0 Å². The highest BCUT2D eigenvalue weighted by atomic mass is 16.5. The van der Waals surface area contributed by atoms with E-state index in [-0.39, 0.29) is 0 Å². The van der Waals surface area contributed by atoms with Gasteiger partial charge in [-0.05, 0) is 30.5 Å². The summed E-state index contributed by atoms with van der Waals surface area (Å²) in [5.74, 6) is 0. The van der Waals surface area contributed by atoms with Crippen molar-refractivity contribution in [2.45, 2.75) is 45.6 Å². The lowest BCUT2D eigenvalue weighted by Crippen LogP contribution is -2.55. The van der Waals surface area contributed by atoms with Crippen molar-refractivity contribution in [3.05, 3.63) is 71.3 Å². The standard InChI is InChI=1S/C25H35N3O/c1-21-16-27(18-23-7-4-3-5-8-23)17-22(2)28(21)20-25-10-6-9-24(15-25)19-26-11-13-29-14-12-26/h3-10,15,21-22H,11-14,16-20H2,1-2H3/t21-,22+. The Morgan fingerprint density at radius 3 is 2.00 bits per heavy atom. The van der Waals surface area contributed by atoms with E-state index < -0.39 is 0 Å². The van der Waals surface area contributed by atoms with E-state index in [1.807, 2.05) is 0 Å². The zero-order valence-corrected chi connectivity index (χ0v) is 18.0. The van der Waals surface area contributed by atoms with Gasteiger partial charge in [0.25, 0.3) is 0 Å². The van der Waals surface area contributed by atoms with Crippen molar-refractivity contribution in [1.29, 1.82) is 0 Å². The van der Waals surface area contributed by atoms with Crippen LogP contribution in [0.25, 0.3) is 0 Å². The highest BCUT2D eigenvalue weighted by molar-refractivity contribution is 5.24. The maximum absolute atomic E-state index is 5.48. The lowest BCUT2D eigenvalue weighted by atomic mass is 10.0. The molecule has 0 aromatic heterocycles. The Morgan fingerprint density at radius 2 is 1.31 bits per heavy atom. The van der Waals surface area contributed by atoms with Crippen molar-refractivity contribution < 1.29 is 4.74 Å². The van der Waals surface area contributed by atoms with Crippen LogP contribution in [0.1, 0.15) is 30.5 Å². The van der Waals surface area contributed by atoms with Gasteiger partial charge in [0.05, 0.1) is 13.2 Å². The molecule has 2 aliphatic rings. The van der Waals surface area contributed by atoms with Gasteiger partial charge in [-0.25, -0.2) is 0 Å². The zero-order chi connectivity index (χ0) is 20.1. The summed E-state index contributed by atoms with van der Waals surface area (Å²) in [4.78, 5) is 7.78. The SMILES string of the molecule is C[C@@H]1CN(Cc2ccccc2)C[C@H](C)N1Cc1cccc(CN2CCOCC2)c1. The molecule has 29 heavy (non-hydrogen) atoms. The van der Waals surface area contributed by atoms with Crippen LogP contribution in [0, 0.1) is 0 Å². The first-order chi connectivity index (χ1) is 14.2. The number of piperazine rings is 1. The van der Waals surface area contributed by atoms with Gasteiger partial charge in [-0.3, -0.25) is 14.7 Å². The molecule has 0 aliphatic carbocycles. The van der Waals surface area contributed by atoms with Gasteiger partial charge in [0.2, 0.25) is 0 Å². The first kappa shape index (κ1) is 20.5. The quantitative estimate of drug-likeness (QED) is 0.746. The molecule has 0 saturated carbocycles. The largest absolute Gasteiger partial charge is 0.379 e. The molecule has 0 N–H and O–H groups in total. The Balaban J connectivity index is 1.35. The van der Waals surface area contributed by atoms with Gasteiger partial charge < -0.3 is 4.74 Å². The smallest absolute Gasteiger partial charge is 0.0594 e. The van der Waals surface area contributed by atoms with Crippen molar-refractivity contribution in [2.75, 3.05) is 39.4 Å². The molecule has 0 bridgehead atoms. The number of ether oxygens (including phenoxy) is 1. The number of nitrogens with zero attached hydrogens (tertiary/aromatic N) is 3. The maximum Gasteiger partial charge on any atom is 0.0594 e. The van der Waals surface area contributed by atoms with E-state index in [9.17, 15) is 0 Å². The second-order valence-corrected chi connectivity index (χ2v) is 8.76. The first-order valence-electron chi connectivity index (χ1n) is 11.1. The molecule has 156 valence electrons. The van der Waals surface area contributed by atoms with E-state index in [0.717, 1.165) is 59.0 Å². The molecule has 0 spiro atoms. The van der Waals surface area contributed by atoms with Crippen molar-refractivity contribution in [3.8, 4) is 0 Å². The molecule has 2 heterocycles. The normalized spacial score (nSPS) is 24.6. The fourth-order valence-electron chi connectivity index (χ4n) is 4.80. The van der Waals surface area contributed by atoms with Crippen LogP contribution >= 0.6 is 0 Å². The molecule has 4 rings (SSSR count). The molecular weight excluding hydrogens is 358 g/mol. The summed E-state index contributed by atoms with van der Waals surface area (Å²) in [6.07, 6.45) is 0. The number of rotatable bonds is 6. The fourth-order valence-corrected chi connectivity index (χ4v) is 4.80. The summed E-state index contributed by atoms with van der Waals surface area (Å²) in [6.45, 7) is 14.0. The van der Waals surface area contributed by atoms with Gasteiger partial charge in [0, 0.05) is 57.9 Å². The second-order valence-electron chi connectivity index (χ2n) is 8.76. The predicted octanol–water partition coefficient (Wildman–Crippen LogP) is 3.61. The molecule has 2 aliphatic heterocycles. The molecule has 2 aromatic rings. The van der Waals surface area contributed by atoms with Crippen LogP contribution in [0.5, 0.6) is 0 Å². The zero-order valence-electron chi connectivity index (χ0n) is 18.0. The average molecular weight is 394 g/mol.